The van der Waals surface area contributed by atoms with Gasteiger partial charge in [0, 0.05) is 13.3 Å². The van der Waals surface area contributed by atoms with Crippen LogP contribution in [-0.4, -0.2) is 36.0 Å². The van der Waals surface area contributed by atoms with Gasteiger partial charge in [0.1, 0.15) is 0 Å². The fourth-order valence-electron chi connectivity index (χ4n) is 1.01. The number of halogens is 1. The van der Waals surface area contributed by atoms with Gasteiger partial charge in [0.05, 0.1) is 17.6 Å². The summed E-state index contributed by atoms with van der Waals surface area (Å²) in [5, 5.41) is 8.68. The number of hydrogen-bond acceptors (Lipinski definition) is 3. The second kappa shape index (κ2) is 2.82. The van der Waals surface area contributed by atoms with Gasteiger partial charge in [0.2, 0.25) is 7.37 Å². The van der Waals surface area contributed by atoms with Gasteiger partial charge in [-0.25, -0.2) is 0 Å². The van der Waals surface area contributed by atoms with Crippen LogP contribution < -0.4 is 0 Å². The Morgan fingerprint density at radius 1 is 1.70 bits per heavy atom. The number of hydrogen-bond donors (Lipinski definition) is 1. The van der Waals surface area contributed by atoms with E-state index in [4.69, 9.17) is 21.2 Å². The van der Waals surface area contributed by atoms with Crippen LogP contribution in [0.1, 0.15) is 0 Å². The number of alkyl halides is 1. The van der Waals surface area contributed by atoms with Crippen molar-refractivity contribution in [2.45, 2.75) is 11.5 Å². The molecule has 1 saturated heterocycles. The molecule has 1 aliphatic heterocycles. The second-order valence-electron chi connectivity index (χ2n) is 2.45. The van der Waals surface area contributed by atoms with Gasteiger partial charge in [-0.1, -0.05) is 0 Å². The van der Waals surface area contributed by atoms with Crippen LogP contribution in [0.15, 0.2) is 0 Å². The minimum absolute atomic E-state index is 0.206. The van der Waals surface area contributed by atoms with Crippen molar-refractivity contribution in [3.8, 4) is 0 Å². The maximum Gasteiger partial charge on any atom is 0.207 e. The highest BCUT2D eigenvalue weighted by molar-refractivity contribution is 7.59. The lowest BCUT2D eigenvalue weighted by molar-refractivity contribution is 0.204. The van der Waals surface area contributed by atoms with Crippen molar-refractivity contribution in [1.29, 1.82) is 0 Å². The second-order valence-corrected chi connectivity index (χ2v) is 5.73. The van der Waals surface area contributed by atoms with Gasteiger partial charge in [0.25, 0.3) is 0 Å². The number of aliphatic hydroxyl groups is 1. The molecule has 0 aliphatic carbocycles. The largest absolute Gasteiger partial charge is 0.391 e. The van der Waals surface area contributed by atoms with E-state index in [-0.39, 0.29) is 6.16 Å². The molecule has 1 rings (SSSR count). The summed E-state index contributed by atoms with van der Waals surface area (Å²) in [4.78, 5) is 0. The molecular weight excluding hydrogens is 174 g/mol. The molecule has 0 saturated carbocycles. The van der Waals surface area contributed by atoms with E-state index in [9.17, 15) is 4.57 Å². The lowest BCUT2D eigenvalue weighted by Crippen LogP contribution is -2.16. The van der Waals surface area contributed by atoms with Crippen LogP contribution in [0, 0.1) is 0 Å². The fourth-order valence-corrected chi connectivity index (χ4v) is 3.90. The van der Waals surface area contributed by atoms with Gasteiger partial charge >= 0.3 is 0 Å². The zero-order valence-corrected chi connectivity index (χ0v) is 7.31. The van der Waals surface area contributed by atoms with Crippen molar-refractivity contribution in [2.75, 3.05) is 19.4 Å². The SMILES string of the molecule is COP1(=O)CC(O)C(Cl)C1. The highest BCUT2D eigenvalue weighted by Gasteiger charge is 2.40. The molecule has 10 heavy (non-hydrogen) atoms. The minimum atomic E-state index is -2.55. The predicted molar refractivity (Wildman–Crippen MR) is 40.0 cm³/mol. The van der Waals surface area contributed by atoms with E-state index >= 15 is 0 Å². The van der Waals surface area contributed by atoms with Gasteiger partial charge in [-0.2, -0.15) is 0 Å². The van der Waals surface area contributed by atoms with Crippen LogP contribution >= 0.6 is 19.0 Å². The molecule has 1 fully saturated rings. The molecule has 3 atom stereocenters. The summed E-state index contributed by atoms with van der Waals surface area (Å²) in [6.07, 6.45) is -0.156. The van der Waals surface area contributed by atoms with Crippen LogP contribution in [0.25, 0.3) is 0 Å². The first-order valence-electron chi connectivity index (χ1n) is 3.03. The third-order valence-electron chi connectivity index (χ3n) is 1.67. The van der Waals surface area contributed by atoms with Crippen molar-refractivity contribution >= 4 is 19.0 Å². The Morgan fingerprint density at radius 3 is 2.50 bits per heavy atom. The molecule has 0 aromatic heterocycles. The Balaban J connectivity index is 2.64. The predicted octanol–water partition coefficient (Wildman–Crippen LogP) is 0.893. The summed E-state index contributed by atoms with van der Waals surface area (Å²) in [5.41, 5.74) is 0. The lowest BCUT2D eigenvalue weighted by atomic mass is 10.3. The third-order valence-corrected chi connectivity index (χ3v) is 4.87. The van der Waals surface area contributed by atoms with Crippen molar-refractivity contribution in [3.63, 3.8) is 0 Å². The van der Waals surface area contributed by atoms with Crippen molar-refractivity contribution in [2.24, 2.45) is 0 Å². The van der Waals surface area contributed by atoms with Crippen LogP contribution in [0.2, 0.25) is 0 Å². The monoisotopic (exact) mass is 184 g/mol. The van der Waals surface area contributed by atoms with E-state index < -0.39 is 18.8 Å². The van der Waals surface area contributed by atoms with Crippen molar-refractivity contribution in [3.05, 3.63) is 0 Å². The standard InChI is InChI=1S/C5H10ClO3P/c1-9-10(8)2-4(6)5(7)3-10/h4-5,7H,2-3H2,1H3. The maximum atomic E-state index is 11.3. The molecule has 3 unspecified atom stereocenters. The third kappa shape index (κ3) is 1.54. The number of aliphatic hydroxyl groups excluding tert-OH is 1. The average molecular weight is 185 g/mol. The number of rotatable bonds is 1. The summed E-state index contributed by atoms with van der Waals surface area (Å²) >= 11 is 5.62. The van der Waals surface area contributed by atoms with Gasteiger partial charge in [-0.05, 0) is 0 Å². The van der Waals surface area contributed by atoms with Crippen LogP contribution in [-0.2, 0) is 9.09 Å². The van der Waals surface area contributed by atoms with Crippen LogP contribution in [0.5, 0.6) is 0 Å². The normalized spacial score (nSPS) is 47.9. The minimum Gasteiger partial charge on any atom is -0.391 e. The van der Waals surface area contributed by atoms with E-state index in [1.807, 2.05) is 0 Å². The first kappa shape index (κ1) is 8.54. The lowest BCUT2D eigenvalue weighted by Gasteiger charge is -2.05. The molecule has 3 nitrogen and oxygen atoms in total. The average Bonchev–Trinajstić information content (AvgIpc) is 2.10. The summed E-state index contributed by atoms with van der Waals surface area (Å²) in [7, 11) is -1.15. The highest BCUT2D eigenvalue weighted by Crippen LogP contribution is 2.53. The fraction of sp³-hybridized carbons (Fsp3) is 1.00. The molecule has 0 aromatic rings. The molecule has 60 valence electrons. The quantitative estimate of drug-likeness (QED) is 0.486. The molecule has 0 aromatic carbocycles. The van der Waals surface area contributed by atoms with Crippen LogP contribution in [0.4, 0.5) is 0 Å². The first-order valence-corrected chi connectivity index (χ1v) is 5.46. The van der Waals surface area contributed by atoms with Crippen LogP contribution in [0.3, 0.4) is 0 Å². The Labute approximate surface area is 64.8 Å². The van der Waals surface area contributed by atoms with E-state index in [0.717, 1.165) is 0 Å². The molecule has 1 N–H and O–H groups in total. The van der Waals surface area contributed by atoms with E-state index in [2.05, 4.69) is 0 Å². The summed E-state index contributed by atoms with van der Waals surface area (Å²) in [6.45, 7) is 0. The zero-order chi connectivity index (χ0) is 7.78. The first-order chi connectivity index (χ1) is 4.57. The van der Waals surface area contributed by atoms with E-state index in [1.54, 1.807) is 0 Å². The molecule has 0 spiro atoms. The van der Waals surface area contributed by atoms with E-state index in [1.165, 1.54) is 7.11 Å². The van der Waals surface area contributed by atoms with Gasteiger partial charge in [-0.3, -0.25) is 4.57 Å². The molecule has 1 heterocycles. The summed E-state index contributed by atoms with van der Waals surface area (Å²) in [6, 6.07) is 0. The molecule has 5 heteroatoms. The highest BCUT2D eigenvalue weighted by atomic mass is 35.5. The topological polar surface area (TPSA) is 46.5 Å². The van der Waals surface area contributed by atoms with Gasteiger partial charge < -0.3 is 9.63 Å². The Kier molecular flexibility index (Phi) is 2.41. The van der Waals surface area contributed by atoms with E-state index in [0.29, 0.717) is 6.16 Å². The van der Waals surface area contributed by atoms with Gasteiger partial charge in [-0.15, -0.1) is 11.6 Å². The Hall–Kier alpha value is 0.440. The molecule has 0 radical (unpaired) electrons. The molecular formula is C5H10ClO3P. The molecule has 1 aliphatic rings. The Bertz CT molecular complexity index is 158. The summed E-state index contributed by atoms with van der Waals surface area (Å²) < 4.78 is 16.1. The summed E-state index contributed by atoms with van der Waals surface area (Å²) in [5.74, 6) is 0. The Morgan fingerprint density at radius 2 is 2.30 bits per heavy atom. The van der Waals surface area contributed by atoms with Crippen molar-refractivity contribution in [1.82, 2.24) is 0 Å². The van der Waals surface area contributed by atoms with Gasteiger partial charge in [0.15, 0.2) is 0 Å². The maximum absolute atomic E-state index is 11.3. The smallest absolute Gasteiger partial charge is 0.207 e. The van der Waals surface area contributed by atoms with Crippen molar-refractivity contribution < 1.29 is 14.2 Å². The molecule has 0 amide bonds. The molecule has 0 bridgehead atoms. The zero-order valence-electron chi connectivity index (χ0n) is 5.66.